The Morgan fingerprint density at radius 3 is 2.54 bits per heavy atom. The highest BCUT2D eigenvalue weighted by Crippen LogP contribution is 2.24. The van der Waals surface area contributed by atoms with Gasteiger partial charge in [0.05, 0.1) is 6.07 Å². The molecule has 1 aliphatic heterocycles. The van der Waals surface area contributed by atoms with Crippen LogP contribution in [0, 0.1) is 18.3 Å². The van der Waals surface area contributed by atoms with Gasteiger partial charge in [-0.1, -0.05) is 41.9 Å². The summed E-state index contributed by atoms with van der Waals surface area (Å²) in [6.45, 7) is 4.51. The summed E-state index contributed by atoms with van der Waals surface area (Å²) in [4.78, 5) is 16.3. The molecule has 5 nitrogen and oxygen atoms in total. The zero-order valence-electron chi connectivity index (χ0n) is 14.7. The largest absolute Gasteiger partial charge is 0.322 e. The first-order chi connectivity index (χ1) is 12.6. The van der Waals surface area contributed by atoms with Crippen molar-refractivity contribution in [1.29, 1.82) is 5.26 Å². The van der Waals surface area contributed by atoms with Crippen molar-refractivity contribution in [3.05, 3.63) is 64.7 Å². The van der Waals surface area contributed by atoms with Gasteiger partial charge in [-0.25, -0.2) is 4.79 Å². The zero-order chi connectivity index (χ0) is 18.5. The average Bonchev–Trinajstić information content (AvgIpc) is 2.64. The minimum absolute atomic E-state index is 0.142. The number of urea groups is 1. The molecule has 1 N–H and O–H groups in total. The third kappa shape index (κ3) is 4.16. The molecule has 1 saturated heterocycles. The maximum atomic E-state index is 12.4. The summed E-state index contributed by atoms with van der Waals surface area (Å²) in [5.41, 5.74) is 2.83. The van der Waals surface area contributed by atoms with Gasteiger partial charge in [-0.15, -0.1) is 0 Å². The molecular weight excluding hydrogens is 348 g/mol. The Morgan fingerprint density at radius 1 is 1.15 bits per heavy atom. The molecule has 134 valence electrons. The Kier molecular flexibility index (Phi) is 5.77. The molecule has 1 fully saturated rings. The fourth-order valence-corrected chi connectivity index (χ4v) is 3.38. The van der Waals surface area contributed by atoms with Gasteiger partial charge in [0.25, 0.3) is 0 Å². The number of nitriles is 1. The van der Waals surface area contributed by atoms with Gasteiger partial charge in [-0.3, -0.25) is 4.90 Å². The lowest BCUT2D eigenvalue weighted by Crippen LogP contribution is -2.50. The van der Waals surface area contributed by atoms with E-state index in [0.717, 1.165) is 11.1 Å². The van der Waals surface area contributed by atoms with Gasteiger partial charge in [0.1, 0.15) is 6.04 Å². The minimum atomic E-state index is -0.283. The predicted octanol–water partition coefficient (Wildman–Crippen LogP) is 4.06. The van der Waals surface area contributed by atoms with E-state index in [4.69, 9.17) is 11.6 Å². The van der Waals surface area contributed by atoms with Crippen molar-refractivity contribution < 1.29 is 4.79 Å². The number of anilines is 1. The molecule has 1 atom stereocenters. The standard InChI is InChI=1S/C20H21ClN4O/c1-15-5-2-3-8-18(15)19(14-22)24-9-11-25(12-10-24)20(26)23-17-7-4-6-16(21)13-17/h2-8,13,19H,9-12H2,1H3,(H,23,26). The minimum Gasteiger partial charge on any atom is -0.322 e. The number of carbonyl (C=O) groups excluding carboxylic acids is 1. The Morgan fingerprint density at radius 2 is 1.88 bits per heavy atom. The van der Waals surface area contributed by atoms with Crippen molar-refractivity contribution in [3.8, 4) is 6.07 Å². The van der Waals surface area contributed by atoms with Crippen LogP contribution in [0.1, 0.15) is 17.2 Å². The monoisotopic (exact) mass is 368 g/mol. The lowest BCUT2D eigenvalue weighted by molar-refractivity contribution is 0.131. The average molecular weight is 369 g/mol. The van der Waals surface area contributed by atoms with Crippen LogP contribution in [0.15, 0.2) is 48.5 Å². The van der Waals surface area contributed by atoms with E-state index in [9.17, 15) is 10.1 Å². The SMILES string of the molecule is Cc1ccccc1C(C#N)N1CCN(C(=O)Nc2cccc(Cl)c2)CC1. The molecule has 1 heterocycles. The normalized spacial score (nSPS) is 16.0. The second-order valence-corrected chi connectivity index (χ2v) is 6.79. The molecule has 0 aromatic heterocycles. The van der Waals surface area contributed by atoms with Crippen LogP contribution in [-0.2, 0) is 0 Å². The molecule has 6 heteroatoms. The topological polar surface area (TPSA) is 59.4 Å². The molecule has 1 unspecified atom stereocenters. The lowest BCUT2D eigenvalue weighted by Gasteiger charge is -2.37. The van der Waals surface area contributed by atoms with Gasteiger partial charge >= 0.3 is 6.03 Å². The second-order valence-electron chi connectivity index (χ2n) is 6.35. The predicted molar refractivity (Wildman–Crippen MR) is 103 cm³/mol. The van der Waals surface area contributed by atoms with E-state index in [1.807, 2.05) is 37.3 Å². The summed E-state index contributed by atoms with van der Waals surface area (Å²) in [6.07, 6.45) is 0. The van der Waals surface area contributed by atoms with Crippen molar-refractivity contribution in [2.75, 3.05) is 31.5 Å². The number of amides is 2. The molecule has 2 aromatic rings. The molecule has 0 radical (unpaired) electrons. The van der Waals surface area contributed by atoms with Crippen LogP contribution < -0.4 is 5.32 Å². The van der Waals surface area contributed by atoms with Crippen LogP contribution in [0.4, 0.5) is 10.5 Å². The smallest absolute Gasteiger partial charge is 0.321 e. The summed E-state index contributed by atoms with van der Waals surface area (Å²) >= 11 is 5.95. The van der Waals surface area contributed by atoms with E-state index in [-0.39, 0.29) is 12.1 Å². The second kappa shape index (κ2) is 8.22. The fourth-order valence-electron chi connectivity index (χ4n) is 3.19. The third-order valence-electron chi connectivity index (χ3n) is 4.65. The Labute approximate surface area is 158 Å². The maximum absolute atomic E-state index is 12.4. The van der Waals surface area contributed by atoms with Crippen molar-refractivity contribution in [3.63, 3.8) is 0 Å². The van der Waals surface area contributed by atoms with Crippen molar-refractivity contribution >= 4 is 23.3 Å². The first kappa shape index (κ1) is 18.2. The van der Waals surface area contributed by atoms with Crippen molar-refractivity contribution in [1.82, 2.24) is 9.80 Å². The zero-order valence-corrected chi connectivity index (χ0v) is 15.4. The Hall–Kier alpha value is -2.55. The number of hydrogen-bond donors (Lipinski definition) is 1. The van der Waals surface area contributed by atoms with Gasteiger partial charge in [0.2, 0.25) is 0 Å². The van der Waals surface area contributed by atoms with Crippen LogP contribution in [0.25, 0.3) is 0 Å². The Bertz CT molecular complexity index is 825. The quantitative estimate of drug-likeness (QED) is 0.888. The molecular formula is C20H21ClN4O. The summed E-state index contributed by atoms with van der Waals surface area (Å²) in [6, 6.07) is 17.0. The van der Waals surface area contributed by atoms with Crippen LogP contribution in [-0.4, -0.2) is 42.0 Å². The summed E-state index contributed by atoms with van der Waals surface area (Å²) in [5, 5.41) is 13.1. The molecule has 0 bridgehead atoms. The number of hydrogen-bond acceptors (Lipinski definition) is 3. The molecule has 0 saturated carbocycles. The van der Waals surface area contributed by atoms with Crippen LogP contribution in [0.2, 0.25) is 5.02 Å². The van der Waals surface area contributed by atoms with Gasteiger partial charge in [-0.2, -0.15) is 5.26 Å². The Balaban J connectivity index is 1.61. The van der Waals surface area contributed by atoms with E-state index in [0.29, 0.717) is 36.9 Å². The van der Waals surface area contributed by atoms with Crippen molar-refractivity contribution in [2.45, 2.75) is 13.0 Å². The van der Waals surface area contributed by atoms with E-state index in [2.05, 4.69) is 16.3 Å². The van der Waals surface area contributed by atoms with Gasteiger partial charge in [0, 0.05) is 36.9 Å². The van der Waals surface area contributed by atoms with E-state index >= 15 is 0 Å². The number of nitrogens with one attached hydrogen (secondary N) is 1. The highest BCUT2D eigenvalue weighted by atomic mass is 35.5. The number of piperazine rings is 1. The number of carbonyl (C=O) groups is 1. The summed E-state index contributed by atoms with van der Waals surface area (Å²) in [5.74, 6) is 0. The summed E-state index contributed by atoms with van der Waals surface area (Å²) < 4.78 is 0. The highest BCUT2D eigenvalue weighted by Gasteiger charge is 2.27. The van der Waals surface area contributed by atoms with Gasteiger partial charge in [0.15, 0.2) is 0 Å². The molecule has 1 aliphatic rings. The lowest BCUT2D eigenvalue weighted by atomic mass is 10.0. The van der Waals surface area contributed by atoms with Gasteiger partial charge < -0.3 is 10.2 Å². The number of rotatable bonds is 3. The highest BCUT2D eigenvalue weighted by molar-refractivity contribution is 6.30. The molecule has 2 amide bonds. The number of nitrogens with zero attached hydrogens (tertiary/aromatic N) is 3. The third-order valence-corrected chi connectivity index (χ3v) is 4.88. The summed E-state index contributed by atoms with van der Waals surface area (Å²) in [7, 11) is 0. The first-order valence-electron chi connectivity index (χ1n) is 8.59. The molecule has 0 spiro atoms. The number of benzene rings is 2. The first-order valence-corrected chi connectivity index (χ1v) is 8.97. The number of halogens is 1. The molecule has 3 rings (SSSR count). The van der Waals surface area contributed by atoms with E-state index in [1.54, 1.807) is 23.1 Å². The maximum Gasteiger partial charge on any atom is 0.321 e. The molecule has 2 aromatic carbocycles. The van der Waals surface area contributed by atoms with E-state index < -0.39 is 0 Å². The number of aryl methyl sites for hydroxylation is 1. The van der Waals surface area contributed by atoms with Crippen LogP contribution >= 0.6 is 11.6 Å². The van der Waals surface area contributed by atoms with E-state index in [1.165, 1.54) is 0 Å². The van der Waals surface area contributed by atoms with Gasteiger partial charge in [-0.05, 0) is 36.2 Å². The van der Waals surface area contributed by atoms with Crippen LogP contribution in [0.3, 0.4) is 0 Å². The van der Waals surface area contributed by atoms with Crippen LogP contribution in [0.5, 0.6) is 0 Å². The van der Waals surface area contributed by atoms with Crippen molar-refractivity contribution in [2.24, 2.45) is 0 Å². The molecule has 0 aliphatic carbocycles. The fraction of sp³-hybridized carbons (Fsp3) is 0.300. The molecule has 26 heavy (non-hydrogen) atoms.